The molecule has 0 spiro atoms. The monoisotopic (exact) mass is 733 g/mol. The molecule has 0 radical (unpaired) electrons. The Morgan fingerprint density at radius 3 is 1.43 bits per heavy atom. The molecular formula is C49H37F2N5. The first-order valence-electron chi connectivity index (χ1n) is 18.7. The molecule has 8 aromatic rings. The molecule has 3 heterocycles. The third kappa shape index (κ3) is 6.37. The van der Waals surface area contributed by atoms with Crippen LogP contribution in [0.25, 0.3) is 34.8 Å². The number of nitrogens with zero attached hydrogens (tertiary/aromatic N) is 3. The molecule has 0 amide bonds. The standard InChI is InChI=1S/C25H19FN2.C24H18FN3/c26-21-13-7-12-20(16-21)25(19-10-5-2-6-11-19)15-14-22-23(17-25)27-28-24(22)18-8-3-1-4-9-18;25-19-10-6-9-18(15-19)24(17-7-2-1-3-8-17)13-12-20-22(16-24)27-28-23(20)21-11-4-5-14-26-21/h1-16H,17H2,(H,27,28);1-15H,16H2,(H,27,28). The van der Waals surface area contributed by atoms with Crippen LogP contribution in [-0.2, 0) is 23.7 Å². The van der Waals surface area contributed by atoms with Crippen molar-refractivity contribution in [1.29, 1.82) is 0 Å². The Labute approximate surface area is 324 Å². The lowest BCUT2D eigenvalue weighted by Crippen LogP contribution is -2.30. The fraction of sp³-hybridized carbons (Fsp3) is 0.0816. The minimum absolute atomic E-state index is 0.221. The van der Waals surface area contributed by atoms with E-state index in [1.54, 1.807) is 30.5 Å². The molecule has 2 aliphatic rings. The van der Waals surface area contributed by atoms with E-state index in [4.69, 9.17) is 0 Å². The first-order chi connectivity index (χ1) is 27.5. The molecule has 5 aromatic carbocycles. The Bertz CT molecular complexity index is 2480. The maximum Gasteiger partial charge on any atom is 0.123 e. The Morgan fingerprint density at radius 2 is 0.929 bits per heavy atom. The van der Waals surface area contributed by atoms with Gasteiger partial charge in [-0.25, -0.2) is 8.78 Å². The van der Waals surface area contributed by atoms with Gasteiger partial charge in [0, 0.05) is 57.9 Å². The highest BCUT2D eigenvalue weighted by atomic mass is 19.1. The van der Waals surface area contributed by atoms with Gasteiger partial charge in [-0.3, -0.25) is 15.2 Å². The molecular weight excluding hydrogens is 697 g/mol. The van der Waals surface area contributed by atoms with E-state index in [0.29, 0.717) is 12.8 Å². The van der Waals surface area contributed by atoms with Crippen molar-refractivity contribution in [1.82, 2.24) is 25.4 Å². The second-order valence-electron chi connectivity index (χ2n) is 14.2. The van der Waals surface area contributed by atoms with Crippen molar-refractivity contribution < 1.29 is 8.78 Å². The number of aromatic amines is 2. The molecule has 3 aromatic heterocycles. The van der Waals surface area contributed by atoms with Crippen molar-refractivity contribution in [2.75, 3.05) is 0 Å². The Morgan fingerprint density at radius 1 is 0.464 bits per heavy atom. The van der Waals surface area contributed by atoms with Crippen molar-refractivity contribution >= 4 is 12.2 Å². The highest BCUT2D eigenvalue weighted by Gasteiger charge is 2.38. The van der Waals surface area contributed by atoms with Gasteiger partial charge in [0.05, 0.1) is 11.4 Å². The Kier molecular flexibility index (Phi) is 9.11. The highest BCUT2D eigenvalue weighted by Crippen LogP contribution is 2.44. The van der Waals surface area contributed by atoms with E-state index in [1.165, 1.54) is 12.1 Å². The zero-order valence-corrected chi connectivity index (χ0v) is 30.4. The van der Waals surface area contributed by atoms with Crippen LogP contribution in [-0.4, -0.2) is 25.4 Å². The molecule has 272 valence electrons. The molecule has 2 N–H and O–H groups in total. The first-order valence-corrected chi connectivity index (χ1v) is 18.7. The van der Waals surface area contributed by atoms with Gasteiger partial charge in [-0.15, -0.1) is 0 Å². The van der Waals surface area contributed by atoms with Gasteiger partial charge in [-0.05, 0) is 58.7 Å². The predicted octanol–water partition coefficient (Wildman–Crippen LogP) is 10.9. The molecule has 0 saturated heterocycles. The number of rotatable bonds is 6. The van der Waals surface area contributed by atoms with Gasteiger partial charge in [-0.2, -0.15) is 10.2 Å². The third-order valence-corrected chi connectivity index (χ3v) is 11.0. The van der Waals surface area contributed by atoms with Crippen molar-refractivity contribution in [3.8, 4) is 22.6 Å². The van der Waals surface area contributed by atoms with E-state index in [0.717, 1.165) is 67.4 Å². The Hall–Kier alpha value is -6.99. The number of allylic oxidation sites excluding steroid dienone is 2. The summed E-state index contributed by atoms with van der Waals surface area (Å²) in [4.78, 5) is 4.43. The normalized spacial score (nSPS) is 18.0. The number of hydrogen-bond donors (Lipinski definition) is 2. The van der Waals surface area contributed by atoms with Crippen molar-refractivity contribution in [2.45, 2.75) is 23.7 Å². The lowest BCUT2D eigenvalue weighted by Gasteiger charge is -2.34. The molecule has 2 unspecified atom stereocenters. The number of fused-ring (bicyclic) bond motifs is 2. The molecule has 0 aliphatic heterocycles. The minimum Gasteiger partial charge on any atom is -0.281 e. The van der Waals surface area contributed by atoms with Crippen LogP contribution in [0.5, 0.6) is 0 Å². The number of hydrogen-bond acceptors (Lipinski definition) is 3. The van der Waals surface area contributed by atoms with Gasteiger partial charge in [0.2, 0.25) is 0 Å². The van der Waals surface area contributed by atoms with Gasteiger partial charge >= 0.3 is 0 Å². The minimum atomic E-state index is -0.454. The van der Waals surface area contributed by atoms with Crippen LogP contribution in [0.4, 0.5) is 8.78 Å². The number of aromatic nitrogens is 5. The van der Waals surface area contributed by atoms with Gasteiger partial charge in [-0.1, -0.05) is 146 Å². The summed E-state index contributed by atoms with van der Waals surface area (Å²) in [5, 5.41) is 15.6. The number of benzene rings is 5. The zero-order valence-electron chi connectivity index (χ0n) is 30.4. The van der Waals surface area contributed by atoms with Crippen LogP contribution in [0.1, 0.15) is 44.8 Å². The maximum atomic E-state index is 14.1. The topological polar surface area (TPSA) is 70.2 Å². The maximum absolute atomic E-state index is 14.1. The fourth-order valence-electron chi connectivity index (χ4n) is 8.17. The predicted molar refractivity (Wildman–Crippen MR) is 219 cm³/mol. The molecule has 0 saturated carbocycles. The number of pyridine rings is 1. The van der Waals surface area contributed by atoms with E-state index >= 15 is 0 Å². The fourth-order valence-corrected chi connectivity index (χ4v) is 8.17. The van der Waals surface area contributed by atoms with Crippen LogP contribution < -0.4 is 0 Å². The van der Waals surface area contributed by atoms with Gasteiger partial charge in [0.25, 0.3) is 0 Å². The van der Waals surface area contributed by atoms with Crippen molar-refractivity contribution in [2.24, 2.45) is 0 Å². The lowest BCUT2D eigenvalue weighted by atomic mass is 9.68. The number of H-pyrrole nitrogens is 2. The molecule has 0 fully saturated rings. The zero-order chi connectivity index (χ0) is 38.0. The summed E-state index contributed by atoms with van der Waals surface area (Å²) in [5.74, 6) is -0.452. The summed E-state index contributed by atoms with van der Waals surface area (Å²) in [6.07, 6.45) is 11.7. The van der Waals surface area contributed by atoms with Crippen LogP contribution in [0.2, 0.25) is 0 Å². The van der Waals surface area contributed by atoms with Crippen LogP contribution in [0.15, 0.2) is 176 Å². The van der Waals surface area contributed by atoms with E-state index in [2.05, 4.69) is 86.1 Å². The molecule has 2 atom stereocenters. The molecule has 10 rings (SSSR count). The average Bonchev–Trinajstić information content (AvgIpc) is 3.89. The summed E-state index contributed by atoms with van der Waals surface area (Å²) >= 11 is 0. The summed E-state index contributed by atoms with van der Waals surface area (Å²) < 4.78 is 28.2. The van der Waals surface area contributed by atoms with Gasteiger partial charge in [0.15, 0.2) is 0 Å². The first kappa shape index (κ1) is 34.8. The van der Waals surface area contributed by atoms with Gasteiger partial charge in [0.1, 0.15) is 17.3 Å². The average molecular weight is 734 g/mol. The highest BCUT2D eigenvalue weighted by molar-refractivity contribution is 5.77. The number of halogens is 2. The summed E-state index contributed by atoms with van der Waals surface area (Å²) in [5.41, 5.74) is 11.2. The van der Waals surface area contributed by atoms with Gasteiger partial charge < -0.3 is 0 Å². The largest absolute Gasteiger partial charge is 0.281 e. The third-order valence-electron chi connectivity index (χ3n) is 11.0. The summed E-state index contributed by atoms with van der Waals surface area (Å²) in [6.45, 7) is 0. The smallest absolute Gasteiger partial charge is 0.123 e. The molecule has 5 nitrogen and oxygen atoms in total. The van der Waals surface area contributed by atoms with Crippen LogP contribution >= 0.6 is 0 Å². The second-order valence-corrected chi connectivity index (χ2v) is 14.2. The Balaban J connectivity index is 0.000000146. The lowest BCUT2D eigenvalue weighted by molar-refractivity contribution is 0.594. The SMILES string of the molecule is Fc1cccc(C2(c3ccccc3)C=Cc3c(-c4ccccc4)n[nH]c3C2)c1.Fc1cccc(C2(c3ccccc3)C=Cc3c(-c4ccccn4)n[nH]c3C2)c1. The van der Waals surface area contributed by atoms with Crippen molar-refractivity contribution in [3.05, 3.63) is 232 Å². The summed E-state index contributed by atoms with van der Waals surface area (Å²) in [7, 11) is 0. The van der Waals surface area contributed by atoms with Crippen LogP contribution in [0, 0.1) is 11.6 Å². The molecule has 0 bridgehead atoms. The number of nitrogens with one attached hydrogen (secondary N) is 2. The van der Waals surface area contributed by atoms with E-state index < -0.39 is 10.8 Å². The molecule has 56 heavy (non-hydrogen) atoms. The van der Waals surface area contributed by atoms with E-state index in [9.17, 15) is 8.78 Å². The van der Waals surface area contributed by atoms with Crippen LogP contribution in [0.3, 0.4) is 0 Å². The van der Waals surface area contributed by atoms with Crippen molar-refractivity contribution in [3.63, 3.8) is 0 Å². The van der Waals surface area contributed by atoms with E-state index in [1.807, 2.05) is 84.9 Å². The van der Waals surface area contributed by atoms with E-state index in [-0.39, 0.29) is 11.6 Å². The molecule has 7 heteroatoms. The second kappa shape index (κ2) is 14.7. The quantitative estimate of drug-likeness (QED) is 0.179. The molecule has 2 aliphatic carbocycles. The summed E-state index contributed by atoms with van der Waals surface area (Å²) in [6, 6.07) is 50.2.